The molecule has 1 heterocycles. The van der Waals surface area contributed by atoms with E-state index in [-0.39, 0.29) is 0 Å². The number of nitrogens with zero attached hydrogens (tertiary/aromatic N) is 1. The lowest BCUT2D eigenvalue weighted by Crippen LogP contribution is -1.96. The van der Waals surface area contributed by atoms with Crippen molar-refractivity contribution in [1.29, 1.82) is 0 Å². The van der Waals surface area contributed by atoms with Crippen molar-refractivity contribution >= 4 is 11.6 Å². The fraction of sp³-hybridized carbons (Fsp3) is 0.267. The molecule has 2 heteroatoms. The molecule has 2 aromatic rings. The van der Waals surface area contributed by atoms with Crippen molar-refractivity contribution in [2.75, 3.05) is 0 Å². The van der Waals surface area contributed by atoms with Gasteiger partial charge in [0, 0.05) is 22.5 Å². The Morgan fingerprint density at radius 2 is 1.88 bits per heavy atom. The molecule has 88 valence electrons. The molecule has 0 spiro atoms. The van der Waals surface area contributed by atoms with Crippen molar-refractivity contribution < 1.29 is 0 Å². The fourth-order valence-electron chi connectivity index (χ4n) is 2.02. The highest BCUT2D eigenvalue weighted by Gasteiger charge is 2.07. The number of hydrogen-bond donors (Lipinski definition) is 0. The Kier molecular flexibility index (Phi) is 3.49. The van der Waals surface area contributed by atoms with Gasteiger partial charge in [-0.25, -0.2) is 0 Å². The molecule has 0 aliphatic rings. The van der Waals surface area contributed by atoms with Crippen molar-refractivity contribution in [3.8, 4) is 11.1 Å². The summed E-state index contributed by atoms with van der Waals surface area (Å²) >= 11 is 6.00. The lowest BCUT2D eigenvalue weighted by molar-refractivity contribution is 0.812. The Hall–Kier alpha value is -1.34. The first kappa shape index (κ1) is 12.1. The Morgan fingerprint density at radius 3 is 2.47 bits per heavy atom. The van der Waals surface area contributed by atoms with E-state index in [0.717, 1.165) is 21.8 Å². The summed E-state index contributed by atoms with van der Waals surface area (Å²) in [5.41, 5.74) is 4.63. The van der Waals surface area contributed by atoms with Crippen molar-refractivity contribution in [3.05, 3.63) is 52.8 Å². The van der Waals surface area contributed by atoms with Gasteiger partial charge in [-0.15, -0.1) is 0 Å². The van der Waals surface area contributed by atoms with E-state index in [9.17, 15) is 0 Å². The van der Waals surface area contributed by atoms with E-state index in [1.54, 1.807) is 0 Å². The molecule has 0 saturated heterocycles. The highest BCUT2D eigenvalue weighted by molar-refractivity contribution is 6.30. The third-order valence-corrected chi connectivity index (χ3v) is 3.06. The molecule has 0 aliphatic heterocycles. The zero-order valence-corrected chi connectivity index (χ0v) is 11.1. The van der Waals surface area contributed by atoms with Crippen LogP contribution >= 0.6 is 11.6 Å². The minimum Gasteiger partial charge on any atom is -0.260 e. The molecular formula is C15H16ClN. The molecule has 0 unspecified atom stereocenters. The van der Waals surface area contributed by atoms with Crippen LogP contribution in [-0.4, -0.2) is 4.98 Å². The van der Waals surface area contributed by atoms with Crippen LogP contribution in [0, 0.1) is 6.92 Å². The minimum absolute atomic E-state index is 0.461. The Bertz CT molecular complexity index is 532. The summed E-state index contributed by atoms with van der Waals surface area (Å²) in [6, 6.07) is 10.0. The molecular weight excluding hydrogens is 230 g/mol. The van der Waals surface area contributed by atoms with Crippen molar-refractivity contribution in [3.63, 3.8) is 0 Å². The molecule has 1 aromatic carbocycles. The van der Waals surface area contributed by atoms with Gasteiger partial charge in [-0.1, -0.05) is 37.6 Å². The van der Waals surface area contributed by atoms with Gasteiger partial charge in [0.2, 0.25) is 0 Å². The van der Waals surface area contributed by atoms with Crippen molar-refractivity contribution in [2.45, 2.75) is 26.7 Å². The minimum atomic E-state index is 0.461. The summed E-state index contributed by atoms with van der Waals surface area (Å²) in [6.07, 6.45) is 1.92. The van der Waals surface area contributed by atoms with Gasteiger partial charge in [-0.05, 0) is 42.2 Å². The largest absolute Gasteiger partial charge is 0.260 e. The summed E-state index contributed by atoms with van der Waals surface area (Å²) < 4.78 is 0. The second-order valence-electron chi connectivity index (χ2n) is 4.59. The quantitative estimate of drug-likeness (QED) is 0.738. The van der Waals surface area contributed by atoms with Crippen LogP contribution in [0.25, 0.3) is 11.1 Å². The lowest BCUT2D eigenvalue weighted by Gasteiger charge is -2.10. The van der Waals surface area contributed by atoms with E-state index >= 15 is 0 Å². The molecule has 17 heavy (non-hydrogen) atoms. The van der Waals surface area contributed by atoms with Gasteiger partial charge < -0.3 is 0 Å². The first-order valence-electron chi connectivity index (χ1n) is 5.80. The molecule has 0 bridgehead atoms. The number of benzene rings is 1. The molecule has 2 rings (SSSR count). The van der Waals surface area contributed by atoms with Crippen LogP contribution in [0.4, 0.5) is 0 Å². The SMILES string of the molecule is Cc1cc(-c2cccc(Cl)c2)cnc1C(C)C. The van der Waals surface area contributed by atoms with E-state index in [4.69, 9.17) is 11.6 Å². The number of rotatable bonds is 2. The Balaban J connectivity index is 2.44. The summed E-state index contributed by atoms with van der Waals surface area (Å²) in [7, 11) is 0. The summed E-state index contributed by atoms with van der Waals surface area (Å²) in [6.45, 7) is 6.43. The third-order valence-electron chi connectivity index (χ3n) is 2.82. The van der Waals surface area contributed by atoms with Crippen LogP contribution in [0.2, 0.25) is 5.02 Å². The first-order valence-corrected chi connectivity index (χ1v) is 6.18. The predicted molar refractivity (Wildman–Crippen MR) is 73.5 cm³/mol. The van der Waals surface area contributed by atoms with Crippen molar-refractivity contribution in [2.24, 2.45) is 0 Å². The van der Waals surface area contributed by atoms with Gasteiger partial charge in [0.05, 0.1) is 0 Å². The normalized spacial score (nSPS) is 10.9. The van der Waals surface area contributed by atoms with Crippen molar-refractivity contribution in [1.82, 2.24) is 4.98 Å². The van der Waals surface area contributed by atoms with E-state index < -0.39 is 0 Å². The van der Waals surface area contributed by atoms with Gasteiger partial charge in [0.15, 0.2) is 0 Å². The van der Waals surface area contributed by atoms with E-state index in [1.165, 1.54) is 5.56 Å². The lowest BCUT2D eigenvalue weighted by atomic mass is 10.0. The highest BCUT2D eigenvalue weighted by atomic mass is 35.5. The van der Waals surface area contributed by atoms with Crippen LogP contribution in [0.1, 0.15) is 31.0 Å². The Labute approximate surface area is 107 Å². The van der Waals surface area contributed by atoms with Crippen LogP contribution in [-0.2, 0) is 0 Å². The zero-order valence-electron chi connectivity index (χ0n) is 10.4. The standard InChI is InChI=1S/C15H16ClN/c1-10(2)15-11(3)7-13(9-17-15)12-5-4-6-14(16)8-12/h4-10H,1-3H3. The maximum absolute atomic E-state index is 6.00. The number of aryl methyl sites for hydroxylation is 1. The van der Waals surface area contributed by atoms with Crippen LogP contribution < -0.4 is 0 Å². The van der Waals surface area contributed by atoms with E-state index in [1.807, 2.05) is 24.4 Å². The second kappa shape index (κ2) is 4.89. The predicted octanol–water partition coefficient (Wildman–Crippen LogP) is 4.83. The fourth-order valence-corrected chi connectivity index (χ4v) is 2.21. The molecule has 0 fully saturated rings. The number of halogens is 1. The smallest absolute Gasteiger partial charge is 0.0458 e. The maximum atomic E-state index is 6.00. The average molecular weight is 246 g/mol. The number of hydrogen-bond acceptors (Lipinski definition) is 1. The molecule has 0 atom stereocenters. The maximum Gasteiger partial charge on any atom is 0.0458 e. The third kappa shape index (κ3) is 2.67. The number of aromatic nitrogens is 1. The molecule has 0 saturated carbocycles. The highest BCUT2D eigenvalue weighted by Crippen LogP contribution is 2.25. The summed E-state index contributed by atoms with van der Waals surface area (Å²) in [5, 5.41) is 0.757. The van der Waals surface area contributed by atoms with Crippen LogP contribution in [0.5, 0.6) is 0 Å². The van der Waals surface area contributed by atoms with E-state index in [0.29, 0.717) is 5.92 Å². The zero-order chi connectivity index (χ0) is 12.4. The summed E-state index contributed by atoms with van der Waals surface area (Å²) in [4.78, 5) is 4.54. The van der Waals surface area contributed by atoms with Gasteiger partial charge in [0.25, 0.3) is 0 Å². The monoisotopic (exact) mass is 245 g/mol. The second-order valence-corrected chi connectivity index (χ2v) is 5.03. The Morgan fingerprint density at radius 1 is 1.12 bits per heavy atom. The number of pyridine rings is 1. The molecule has 1 nitrogen and oxygen atoms in total. The van der Waals surface area contributed by atoms with Gasteiger partial charge in [0.1, 0.15) is 0 Å². The molecule has 0 radical (unpaired) electrons. The van der Waals surface area contributed by atoms with Gasteiger partial charge in [-0.3, -0.25) is 4.98 Å². The van der Waals surface area contributed by atoms with E-state index in [2.05, 4.69) is 37.9 Å². The molecule has 0 amide bonds. The van der Waals surface area contributed by atoms with Crippen LogP contribution in [0.15, 0.2) is 36.5 Å². The first-order chi connectivity index (χ1) is 8.08. The topological polar surface area (TPSA) is 12.9 Å². The molecule has 0 aliphatic carbocycles. The molecule has 1 aromatic heterocycles. The summed E-state index contributed by atoms with van der Waals surface area (Å²) in [5.74, 6) is 0.461. The van der Waals surface area contributed by atoms with Gasteiger partial charge >= 0.3 is 0 Å². The van der Waals surface area contributed by atoms with Gasteiger partial charge in [-0.2, -0.15) is 0 Å². The van der Waals surface area contributed by atoms with Crippen LogP contribution in [0.3, 0.4) is 0 Å². The average Bonchev–Trinajstić information content (AvgIpc) is 2.28. The molecule has 0 N–H and O–H groups in total.